The number of nitrogens with one attached hydrogen (secondary N) is 3. The van der Waals surface area contributed by atoms with Gasteiger partial charge in [0.2, 0.25) is 0 Å². The highest BCUT2D eigenvalue weighted by atomic mass is 19.4. The molecule has 4 rings (SSSR count). The van der Waals surface area contributed by atoms with Gasteiger partial charge in [-0.2, -0.15) is 13.2 Å². The Balaban J connectivity index is 1.45. The standard InChI is InChI=1S/C22H16F3N3O3/c23-22(24,25)15-5-3-13(4-6-15)20(29)27-16-7-8-18-14(10-16)11-19(28-18)21(30)26-12-17-2-1-9-31-17/h1-11,28H,12H2,(H,26,30)(H,27,29). The number of amides is 2. The molecule has 2 amide bonds. The summed E-state index contributed by atoms with van der Waals surface area (Å²) in [6.07, 6.45) is -2.94. The summed E-state index contributed by atoms with van der Waals surface area (Å²) < 4.78 is 43.1. The van der Waals surface area contributed by atoms with Crippen molar-refractivity contribution in [3.8, 4) is 0 Å². The van der Waals surface area contributed by atoms with Crippen molar-refractivity contribution in [3.63, 3.8) is 0 Å². The Labute approximate surface area is 174 Å². The minimum atomic E-state index is -4.46. The Morgan fingerprint density at radius 3 is 2.42 bits per heavy atom. The normalized spacial score (nSPS) is 11.5. The Morgan fingerprint density at radius 2 is 1.74 bits per heavy atom. The monoisotopic (exact) mass is 427 g/mol. The molecule has 0 spiro atoms. The zero-order valence-corrected chi connectivity index (χ0v) is 15.9. The van der Waals surface area contributed by atoms with Gasteiger partial charge in [0.1, 0.15) is 11.5 Å². The molecule has 2 aromatic heterocycles. The number of rotatable bonds is 5. The number of alkyl halides is 3. The summed E-state index contributed by atoms with van der Waals surface area (Å²) in [5, 5.41) is 6.06. The zero-order valence-electron chi connectivity index (χ0n) is 15.9. The van der Waals surface area contributed by atoms with Gasteiger partial charge in [-0.25, -0.2) is 0 Å². The Morgan fingerprint density at radius 1 is 0.968 bits per heavy atom. The summed E-state index contributed by atoms with van der Waals surface area (Å²) in [4.78, 5) is 27.7. The van der Waals surface area contributed by atoms with Gasteiger partial charge in [0.25, 0.3) is 11.8 Å². The fourth-order valence-corrected chi connectivity index (χ4v) is 3.02. The van der Waals surface area contributed by atoms with Crippen LogP contribution in [0.2, 0.25) is 0 Å². The van der Waals surface area contributed by atoms with Gasteiger partial charge in [0.05, 0.1) is 18.4 Å². The maximum absolute atomic E-state index is 12.7. The number of anilines is 1. The van der Waals surface area contributed by atoms with Crippen molar-refractivity contribution in [1.29, 1.82) is 0 Å². The molecule has 0 radical (unpaired) electrons. The van der Waals surface area contributed by atoms with E-state index in [1.54, 1.807) is 36.4 Å². The van der Waals surface area contributed by atoms with Crippen LogP contribution in [0.3, 0.4) is 0 Å². The first kappa shape index (κ1) is 20.3. The minimum Gasteiger partial charge on any atom is -0.467 e. The number of carbonyl (C=O) groups excluding carboxylic acids is 2. The first-order chi connectivity index (χ1) is 14.8. The highest BCUT2D eigenvalue weighted by Crippen LogP contribution is 2.29. The van der Waals surface area contributed by atoms with Gasteiger partial charge in [-0.15, -0.1) is 0 Å². The number of aromatic amines is 1. The number of hydrogen-bond donors (Lipinski definition) is 3. The molecule has 0 bridgehead atoms. The lowest BCUT2D eigenvalue weighted by Gasteiger charge is -2.08. The van der Waals surface area contributed by atoms with Crippen LogP contribution in [0.25, 0.3) is 10.9 Å². The molecular formula is C22H16F3N3O3. The molecule has 3 N–H and O–H groups in total. The molecular weight excluding hydrogens is 411 g/mol. The Bertz CT molecular complexity index is 1230. The lowest BCUT2D eigenvalue weighted by Crippen LogP contribution is -2.22. The second kappa shape index (κ2) is 8.02. The SMILES string of the molecule is O=C(Nc1ccc2[nH]c(C(=O)NCc3ccco3)cc2c1)c1ccc(C(F)(F)F)cc1. The molecule has 0 aliphatic rings. The van der Waals surface area contributed by atoms with Gasteiger partial charge in [-0.3, -0.25) is 9.59 Å². The largest absolute Gasteiger partial charge is 0.467 e. The summed E-state index contributed by atoms with van der Waals surface area (Å²) in [5.74, 6) is -0.235. The first-order valence-electron chi connectivity index (χ1n) is 9.21. The van der Waals surface area contributed by atoms with E-state index in [1.165, 1.54) is 6.26 Å². The zero-order chi connectivity index (χ0) is 22.0. The number of aromatic nitrogens is 1. The first-order valence-corrected chi connectivity index (χ1v) is 9.21. The predicted molar refractivity (Wildman–Crippen MR) is 108 cm³/mol. The average Bonchev–Trinajstić information content (AvgIpc) is 3.41. The van der Waals surface area contributed by atoms with E-state index in [4.69, 9.17) is 4.42 Å². The molecule has 2 heterocycles. The van der Waals surface area contributed by atoms with Crippen LogP contribution in [0.1, 0.15) is 32.2 Å². The lowest BCUT2D eigenvalue weighted by atomic mass is 10.1. The topological polar surface area (TPSA) is 87.1 Å². The van der Waals surface area contributed by atoms with Crippen molar-refractivity contribution in [2.24, 2.45) is 0 Å². The molecule has 0 unspecified atom stereocenters. The molecule has 0 saturated carbocycles. The van der Waals surface area contributed by atoms with Crippen molar-refractivity contribution >= 4 is 28.4 Å². The van der Waals surface area contributed by atoms with Crippen molar-refractivity contribution in [3.05, 3.63) is 89.5 Å². The maximum Gasteiger partial charge on any atom is 0.416 e. The molecule has 4 aromatic rings. The van der Waals surface area contributed by atoms with Gasteiger partial charge >= 0.3 is 6.18 Å². The van der Waals surface area contributed by atoms with Crippen LogP contribution in [0.4, 0.5) is 18.9 Å². The number of halogens is 3. The quantitative estimate of drug-likeness (QED) is 0.421. The molecule has 9 heteroatoms. The molecule has 31 heavy (non-hydrogen) atoms. The molecule has 0 atom stereocenters. The molecule has 6 nitrogen and oxygen atoms in total. The summed E-state index contributed by atoms with van der Waals surface area (Å²) in [5.41, 5.74) is 0.748. The fraction of sp³-hybridized carbons (Fsp3) is 0.0909. The van der Waals surface area contributed by atoms with Crippen molar-refractivity contribution < 1.29 is 27.2 Å². The van der Waals surface area contributed by atoms with Gasteiger partial charge < -0.3 is 20.0 Å². The molecule has 0 aliphatic carbocycles. The number of hydrogen-bond acceptors (Lipinski definition) is 3. The van der Waals surface area contributed by atoms with Crippen molar-refractivity contribution in [1.82, 2.24) is 10.3 Å². The van der Waals surface area contributed by atoms with E-state index in [9.17, 15) is 22.8 Å². The summed E-state index contributed by atoms with van der Waals surface area (Å²) >= 11 is 0. The number of benzene rings is 2. The van der Waals surface area contributed by atoms with Crippen LogP contribution in [-0.2, 0) is 12.7 Å². The van der Waals surface area contributed by atoms with Crippen LogP contribution in [0.15, 0.2) is 71.3 Å². The highest BCUT2D eigenvalue weighted by Gasteiger charge is 2.30. The summed E-state index contributed by atoms with van der Waals surface area (Å²) in [6, 6.07) is 14.1. The van der Waals surface area contributed by atoms with E-state index < -0.39 is 17.6 Å². The third-order valence-corrected chi connectivity index (χ3v) is 4.60. The number of carbonyl (C=O) groups is 2. The maximum atomic E-state index is 12.7. The second-order valence-corrected chi connectivity index (χ2v) is 6.78. The van der Waals surface area contributed by atoms with Crippen LogP contribution in [-0.4, -0.2) is 16.8 Å². The van der Waals surface area contributed by atoms with E-state index >= 15 is 0 Å². The Kier molecular flexibility index (Phi) is 5.24. The van der Waals surface area contributed by atoms with Crippen LogP contribution in [0.5, 0.6) is 0 Å². The summed E-state index contributed by atoms with van der Waals surface area (Å²) in [6.45, 7) is 0.246. The third-order valence-electron chi connectivity index (χ3n) is 4.60. The Hall–Kier alpha value is -4.01. The van der Waals surface area contributed by atoms with Gasteiger partial charge in [0, 0.05) is 22.2 Å². The molecule has 0 aliphatic heterocycles. The van der Waals surface area contributed by atoms with E-state index in [-0.39, 0.29) is 18.0 Å². The summed E-state index contributed by atoms with van der Waals surface area (Å²) in [7, 11) is 0. The number of fused-ring (bicyclic) bond motifs is 1. The molecule has 2 aromatic carbocycles. The fourth-order valence-electron chi connectivity index (χ4n) is 3.02. The predicted octanol–water partition coefficient (Wildman–Crippen LogP) is 4.96. The van der Waals surface area contributed by atoms with Crippen molar-refractivity contribution in [2.75, 3.05) is 5.32 Å². The number of furan rings is 1. The average molecular weight is 427 g/mol. The van der Waals surface area contributed by atoms with Crippen LogP contribution < -0.4 is 10.6 Å². The second-order valence-electron chi connectivity index (χ2n) is 6.78. The molecule has 0 saturated heterocycles. The van der Waals surface area contributed by atoms with Crippen LogP contribution in [0, 0.1) is 0 Å². The van der Waals surface area contributed by atoms with E-state index in [1.807, 2.05) is 0 Å². The smallest absolute Gasteiger partial charge is 0.416 e. The molecule has 158 valence electrons. The van der Waals surface area contributed by atoms with Crippen molar-refractivity contribution in [2.45, 2.75) is 12.7 Å². The van der Waals surface area contributed by atoms with Crippen LogP contribution >= 0.6 is 0 Å². The minimum absolute atomic E-state index is 0.0974. The number of H-pyrrole nitrogens is 1. The third kappa shape index (κ3) is 4.61. The molecule has 0 fully saturated rings. The van der Waals surface area contributed by atoms with E-state index in [0.717, 1.165) is 24.3 Å². The van der Waals surface area contributed by atoms with Gasteiger partial charge in [0.15, 0.2) is 0 Å². The highest BCUT2D eigenvalue weighted by molar-refractivity contribution is 6.05. The van der Waals surface area contributed by atoms with Gasteiger partial charge in [-0.05, 0) is 60.7 Å². The van der Waals surface area contributed by atoms with E-state index in [2.05, 4.69) is 15.6 Å². The lowest BCUT2D eigenvalue weighted by molar-refractivity contribution is -0.137. The van der Waals surface area contributed by atoms with E-state index in [0.29, 0.717) is 28.0 Å². The van der Waals surface area contributed by atoms with Gasteiger partial charge in [-0.1, -0.05) is 0 Å².